The van der Waals surface area contributed by atoms with E-state index in [1.807, 2.05) is 5.32 Å². The Morgan fingerprint density at radius 1 is 1.13 bits per heavy atom. The number of carbonyl (C=O) groups is 2. The van der Waals surface area contributed by atoms with E-state index in [0.29, 0.717) is 0 Å². The van der Waals surface area contributed by atoms with E-state index in [1.54, 1.807) is 0 Å². The van der Waals surface area contributed by atoms with Crippen LogP contribution in [0.3, 0.4) is 0 Å². The highest BCUT2D eigenvalue weighted by atomic mass is 19.4. The van der Waals surface area contributed by atoms with Crippen molar-refractivity contribution in [2.75, 3.05) is 6.54 Å². The Labute approximate surface area is 165 Å². The van der Waals surface area contributed by atoms with E-state index < -0.39 is 47.5 Å². The Hall–Kier alpha value is -4.02. The van der Waals surface area contributed by atoms with Crippen LogP contribution in [0.4, 0.5) is 13.2 Å². The predicted octanol–water partition coefficient (Wildman–Crippen LogP) is 2.88. The lowest BCUT2D eigenvalue weighted by Gasteiger charge is -2.12. The summed E-state index contributed by atoms with van der Waals surface area (Å²) < 4.78 is 46.5. The maximum absolute atomic E-state index is 12.5. The number of carboxylic acids is 1. The number of nitrogens with one attached hydrogen (secondary N) is 1. The van der Waals surface area contributed by atoms with Gasteiger partial charge in [-0.25, -0.2) is 4.79 Å². The van der Waals surface area contributed by atoms with Crippen LogP contribution in [0, 0.1) is 0 Å². The van der Waals surface area contributed by atoms with Crippen molar-refractivity contribution in [1.82, 2.24) is 5.32 Å². The molecule has 156 valence electrons. The van der Waals surface area contributed by atoms with Crippen molar-refractivity contribution >= 4 is 22.8 Å². The monoisotopic (exact) mass is 423 g/mol. The van der Waals surface area contributed by atoms with E-state index in [9.17, 15) is 32.7 Å². The lowest BCUT2D eigenvalue weighted by molar-refractivity contribution is -0.274. The molecule has 3 N–H and O–H groups in total. The van der Waals surface area contributed by atoms with Gasteiger partial charge in [-0.3, -0.25) is 9.59 Å². The van der Waals surface area contributed by atoms with Crippen molar-refractivity contribution in [1.29, 1.82) is 0 Å². The Morgan fingerprint density at radius 3 is 2.50 bits per heavy atom. The van der Waals surface area contributed by atoms with Crippen molar-refractivity contribution < 1.29 is 42.1 Å². The van der Waals surface area contributed by atoms with Gasteiger partial charge >= 0.3 is 18.0 Å². The number of alkyl halides is 3. The maximum atomic E-state index is 12.5. The number of para-hydroxylation sites is 1. The number of carboxylic acid groups (broad SMARTS) is 1. The molecule has 1 heterocycles. The average molecular weight is 423 g/mol. The third kappa shape index (κ3) is 4.35. The number of aromatic hydroxyl groups is 1. The number of ether oxygens (including phenoxy) is 1. The molecular formula is C19H12F3NO7. The second-order valence-corrected chi connectivity index (χ2v) is 5.95. The van der Waals surface area contributed by atoms with Gasteiger partial charge in [0.1, 0.15) is 23.6 Å². The summed E-state index contributed by atoms with van der Waals surface area (Å²) in [6, 6.07) is 9.05. The van der Waals surface area contributed by atoms with Gasteiger partial charge in [-0.2, -0.15) is 0 Å². The van der Waals surface area contributed by atoms with Crippen molar-refractivity contribution in [3.8, 4) is 22.6 Å². The van der Waals surface area contributed by atoms with Crippen molar-refractivity contribution in [2.24, 2.45) is 0 Å². The van der Waals surface area contributed by atoms with Crippen LogP contribution in [0.15, 0.2) is 51.7 Å². The minimum absolute atomic E-state index is 0.0743. The molecule has 0 aliphatic carbocycles. The minimum atomic E-state index is -4.90. The van der Waals surface area contributed by atoms with Crippen LogP contribution in [0.25, 0.3) is 22.1 Å². The average Bonchev–Trinajstić information content (AvgIpc) is 2.65. The van der Waals surface area contributed by atoms with E-state index in [0.717, 1.165) is 12.1 Å². The lowest BCUT2D eigenvalue weighted by Crippen LogP contribution is -2.32. The molecule has 0 unspecified atom stereocenters. The summed E-state index contributed by atoms with van der Waals surface area (Å²) in [4.78, 5) is 34.9. The fraction of sp³-hybridized carbons (Fsp3) is 0.105. The topological polar surface area (TPSA) is 126 Å². The number of halogens is 3. The van der Waals surface area contributed by atoms with Gasteiger partial charge in [-0.1, -0.05) is 24.3 Å². The molecule has 8 nitrogen and oxygen atoms in total. The number of aliphatic carboxylic acids is 1. The van der Waals surface area contributed by atoms with Gasteiger partial charge in [-0.15, -0.1) is 13.2 Å². The third-order valence-electron chi connectivity index (χ3n) is 3.91. The van der Waals surface area contributed by atoms with E-state index >= 15 is 0 Å². The molecule has 0 aliphatic rings. The molecule has 1 aromatic heterocycles. The summed E-state index contributed by atoms with van der Waals surface area (Å²) in [5.41, 5.74) is -1.88. The number of rotatable bonds is 5. The molecule has 0 saturated carbocycles. The number of fused-ring (bicyclic) bond motifs is 1. The molecule has 0 atom stereocenters. The van der Waals surface area contributed by atoms with Crippen LogP contribution < -0.4 is 15.7 Å². The molecule has 3 rings (SSSR count). The summed E-state index contributed by atoms with van der Waals surface area (Å²) in [6.45, 7) is -0.790. The molecule has 3 aromatic rings. The van der Waals surface area contributed by atoms with Crippen LogP contribution in [-0.4, -0.2) is 35.0 Å². The van der Waals surface area contributed by atoms with Gasteiger partial charge < -0.3 is 24.7 Å². The Kier molecular flexibility index (Phi) is 5.37. The Balaban J connectivity index is 2.11. The number of carbonyl (C=O) groups excluding carboxylic acids is 1. The van der Waals surface area contributed by atoms with Gasteiger partial charge in [0.2, 0.25) is 0 Å². The fourth-order valence-corrected chi connectivity index (χ4v) is 2.74. The van der Waals surface area contributed by atoms with Crippen molar-refractivity contribution in [2.45, 2.75) is 6.36 Å². The number of benzene rings is 2. The first kappa shape index (κ1) is 20.7. The highest BCUT2D eigenvalue weighted by Crippen LogP contribution is 2.35. The quantitative estimate of drug-likeness (QED) is 0.539. The molecule has 2 aromatic carbocycles. The summed E-state index contributed by atoms with van der Waals surface area (Å²) in [5.74, 6) is -3.78. The summed E-state index contributed by atoms with van der Waals surface area (Å²) >= 11 is 0. The molecule has 0 saturated heterocycles. The smallest absolute Gasteiger partial charge is 0.506 e. The molecule has 0 radical (unpaired) electrons. The van der Waals surface area contributed by atoms with Crippen LogP contribution in [0.5, 0.6) is 11.5 Å². The summed E-state index contributed by atoms with van der Waals surface area (Å²) in [5, 5.41) is 20.9. The largest absolute Gasteiger partial charge is 0.573 e. The zero-order chi connectivity index (χ0) is 22.1. The molecule has 0 aliphatic heterocycles. The molecule has 11 heteroatoms. The van der Waals surface area contributed by atoms with Gasteiger partial charge in [0, 0.05) is 5.56 Å². The Morgan fingerprint density at radius 2 is 1.83 bits per heavy atom. The zero-order valence-corrected chi connectivity index (χ0v) is 14.8. The number of hydrogen-bond donors (Lipinski definition) is 3. The zero-order valence-electron chi connectivity index (χ0n) is 14.8. The van der Waals surface area contributed by atoms with E-state index in [-0.39, 0.29) is 22.1 Å². The first-order valence-corrected chi connectivity index (χ1v) is 8.22. The third-order valence-corrected chi connectivity index (χ3v) is 3.91. The molecule has 1 amide bonds. The summed E-state index contributed by atoms with van der Waals surface area (Å²) in [7, 11) is 0. The SMILES string of the molecule is O=C(O)CNC(=O)c1c(O)c2cccc(-c3cccc(OC(F)(F)F)c3)c2oc1=O. The van der Waals surface area contributed by atoms with Gasteiger partial charge in [0.05, 0.1) is 5.39 Å². The highest BCUT2D eigenvalue weighted by molar-refractivity contribution is 6.04. The highest BCUT2D eigenvalue weighted by Gasteiger charge is 2.31. The lowest BCUT2D eigenvalue weighted by atomic mass is 10.0. The molecular weight excluding hydrogens is 411 g/mol. The molecule has 0 spiro atoms. The van der Waals surface area contributed by atoms with Crippen molar-refractivity contribution in [3.63, 3.8) is 0 Å². The van der Waals surface area contributed by atoms with E-state index in [2.05, 4.69) is 4.74 Å². The molecule has 30 heavy (non-hydrogen) atoms. The van der Waals surface area contributed by atoms with Crippen LogP contribution in [-0.2, 0) is 4.79 Å². The van der Waals surface area contributed by atoms with E-state index in [4.69, 9.17) is 9.52 Å². The summed E-state index contributed by atoms with van der Waals surface area (Å²) in [6.07, 6.45) is -4.90. The van der Waals surface area contributed by atoms with Crippen molar-refractivity contribution in [3.05, 3.63) is 58.4 Å². The first-order valence-electron chi connectivity index (χ1n) is 8.22. The van der Waals surface area contributed by atoms with Gasteiger partial charge in [0.25, 0.3) is 5.91 Å². The first-order chi connectivity index (χ1) is 14.1. The number of hydrogen-bond acceptors (Lipinski definition) is 6. The second-order valence-electron chi connectivity index (χ2n) is 5.95. The maximum Gasteiger partial charge on any atom is 0.573 e. The van der Waals surface area contributed by atoms with Gasteiger partial charge in [-0.05, 0) is 23.8 Å². The predicted molar refractivity (Wildman–Crippen MR) is 96.2 cm³/mol. The minimum Gasteiger partial charge on any atom is -0.506 e. The van der Waals surface area contributed by atoms with Crippen LogP contribution in [0.2, 0.25) is 0 Å². The Bertz CT molecular complexity index is 1200. The molecule has 0 fully saturated rings. The normalized spacial score (nSPS) is 11.3. The fourth-order valence-electron chi connectivity index (χ4n) is 2.74. The van der Waals surface area contributed by atoms with Gasteiger partial charge in [0.15, 0.2) is 5.56 Å². The number of amides is 1. The second kappa shape index (κ2) is 7.78. The van der Waals surface area contributed by atoms with E-state index in [1.165, 1.54) is 30.3 Å². The van der Waals surface area contributed by atoms with Crippen LogP contribution >= 0.6 is 0 Å². The standard InChI is InChI=1S/C19H12F3NO7/c20-19(21,22)30-10-4-1-3-9(7-10)11-5-2-6-12-15(26)14(18(28)29-16(11)12)17(27)23-8-13(24)25/h1-7,26H,8H2,(H,23,27)(H,24,25). The van der Waals surface area contributed by atoms with Crippen LogP contribution in [0.1, 0.15) is 10.4 Å². The molecule has 0 bridgehead atoms.